The highest BCUT2D eigenvalue weighted by atomic mass is 16.4. The Labute approximate surface area is 98.9 Å². The maximum absolute atomic E-state index is 10.6. The average molecular weight is 230 g/mol. The van der Waals surface area contributed by atoms with Gasteiger partial charge in [-0.25, -0.2) is 0 Å². The lowest BCUT2D eigenvalue weighted by atomic mass is 9.95. The van der Waals surface area contributed by atoms with Crippen LogP contribution in [0, 0.1) is 5.92 Å². The zero-order chi connectivity index (χ0) is 12.6. The molecule has 0 aromatic heterocycles. The second-order valence-corrected chi connectivity index (χ2v) is 5.04. The van der Waals surface area contributed by atoms with Gasteiger partial charge in [0.15, 0.2) is 0 Å². The van der Waals surface area contributed by atoms with Gasteiger partial charge in [-0.1, -0.05) is 39.5 Å². The summed E-state index contributed by atoms with van der Waals surface area (Å²) in [5.74, 6) is -0.923. The number of carboxylic acids is 1. The minimum Gasteiger partial charge on any atom is -0.481 e. The molecular formula is C13H26O3. The summed E-state index contributed by atoms with van der Waals surface area (Å²) < 4.78 is 0. The second-order valence-electron chi connectivity index (χ2n) is 5.04. The smallest absolute Gasteiger partial charge is 0.306 e. The fraction of sp³-hybridized carbons (Fsp3) is 0.923. The molecule has 0 amide bonds. The lowest BCUT2D eigenvalue weighted by Crippen LogP contribution is -2.22. The van der Waals surface area contributed by atoms with E-state index in [1.54, 1.807) is 6.92 Å². The molecule has 2 N–H and O–H groups in total. The van der Waals surface area contributed by atoms with E-state index in [1.807, 2.05) is 13.8 Å². The fourth-order valence-corrected chi connectivity index (χ4v) is 1.61. The van der Waals surface area contributed by atoms with Crippen molar-refractivity contribution >= 4 is 5.97 Å². The first kappa shape index (κ1) is 15.4. The van der Waals surface area contributed by atoms with E-state index in [9.17, 15) is 9.90 Å². The summed E-state index contributed by atoms with van der Waals surface area (Å²) >= 11 is 0. The molecule has 0 bridgehead atoms. The van der Waals surface area contributed by atoms with E-state index in [1.165, 1.54) is 0 Å². The van der Waals surface area contributed by atoms with Gasteiger partial charge in [-0.3, -0.25) is 4.79 Å². The molecule has 0 aliphatic rings. The van der Waals surface area contributed by atoms with Crippen LogP contribution >= 0.6 is 0 Å². The first-order valence-corrected chi connectivity index (χ1v) is 6.34. The normalized spacial score (nSPS) is 16.8. The second kappa shape index (κ2) is 7.66. The maximum atomic E-state index is 10.6. The van der Waals surface area contributed by atoms with Gasteiger partial charge >= 0.3 is 5.97 Å². The van der Waals surface area contributed by atoms with Crippen LogP contribution in [0.1, 0.15) is 65.7 Å². The Balaban J connectivity index is 3.38. The molecule has 0 heterocycles. The highest BCUT2D eigenvalue weighted by molar-refractivity contribution is 5.69. The van der Waals surface area contributed by atoms with Crippen LogP contribution in [0.4, 0.5) is 0 Å². The molecule has 2 atom stereocenters. The monoisotopic (exact) mass is 230 g/mol. The number of rotatable bonds is 9. The van der Waals surface area contributed by atoms with Crippen LogP contribution in [0.25, 0.3) is 0 Å². The van der Waals surface area contributed by atoms with Crippen LogP contribution in [0.3, 0.4) is 0 Å². The number of hydrogen-bond donors (Lipinski definition) is 2. The minimum atomic E-state index is -0.700. The topological polar surface area (TPSA) is 57.5 Å². The van der Waals surface area contributed by atoms with Crippen LogP contribution in [0.15, 0.2) is 0 Å². The molecule has 0 rings (SSSR count). The zero-order valence-electron chi connectivity index (χ0n) is 10.8. The number of hydrogen-bond acceptors (Lipinski definition) is 2. The Kier molecular flexibility index (Phi) is 7.39. The zero-order valence-corrected chi connectivity index (χ0v) is 10.8. The molecule has 0 saturated heterocycles. The highest BCUT2D eigenvalue weighted by Gasteiger charge is 2.16. The van der Waals surface area contributed by atoms with Crippen molar-refractivity contribution in [2.45, 2.75) is 71.3 Å². The third kappa shape index (κ3) is 7.69. The van der Waals surface area contributed by atoms with E-state index in [0.717, 1.165) is 44.9 Å². The van der Waals surface area contributed by atoms with Crippen molar-refractivity contribution in [3.05, 3.63) is 0 Å². The summed E-state index contributed by atoms with van der Waals surface area (Å²) in [7, 11) is 0. The number of unbranched alkanes of at least 4 members (excludes halogenated alkanes) is 3. The first-order chi connectivity index (χ1) is 7.39. The van der Waals surface area contributed by atoms with Gasteiger partial charge < -0.3 is 10.2 Å². The molecule has 2 unspecified atom stereocenters. The quantitative estimate of drug-likeness (QED) is 0.598. The molecule has 0 aromatic carbocycles. The molecule has 3 heteroatoms. The maximum Gasteiger partial charge on any atom is 0.306 e. The van der Waals surface area contributed by atoms with Crippen molar-refractivity contribution in [3.63, 3.8) is 0 Å². The molecule has 0 aliphatic carbocycles. The van der Waals surface area contributed by atoms with Gasteiger partial charge in [-0.2, -0.15) is 0 Å². The molecule has 0 radical (unpaired) electrons. The Morgan fingerprint density at radius 2 is 1.81 bits per heavy atom. The van der Waals surface area contributed by atoms with Gasteiger partial charge in [0.1, 0.15) is 0 Å². The van der Waals surface area contributed by atoms with Crippen LogP contribution in [0.2, 0.25) is 0 Å². The largest absolute Gasteiger partial charge is 0.481 e. The van der Waals surface area contributed by atoms with E-state index in [0.29, 0.717) is 0 Å². The Morgan fingerprint density at radius 3 is 2.31 bits per heavy atom. The van der Waals surface area contributed by atoms with E-state index < -0.39 is 11.6 Å². The number of aliphatic carboxylic acids is 1. The van der Waals surface area contributed by atoms with Gasteiger partial charge in [0.2, 0.25) is 0 Å². The lowest BCUT2D eigenvalue weighted by molar-refractivity contribution is -0.141. The molecule has 16 heavy (non-hydrogen) atoms. The van der Waals surface area contributed by atoms with E-state index >= 15 is 0 Å². The van der Waals surface area contributed by atoms with Gasteiger partial charge in [0, 0.05) is 0 Å². The van der Waals surface area contributed by atoms with Crippen molar-refractivity contribution in [2.24, 2.45) is 5.92 Å². The SMILES string of the molecule is CCC(C)(O)CCCCCCC(C)C(=O)O. The third-order valence-corrected chi connectivity index (χ3v) is 3.29. The van der Waals surface area contributed by atoms with Gasteiger partial charge in [-0.05, 0) is 26.2 Å². The van der Waals surface area contributed by atoms with Crippen molar-refractivity contribution < 1.29 is 15.0 Å². The first-order valence-electron chi connectivity index (χ1n) is 6.34. The summed E-state index contributed by atoms with van der Waals surface area (Å²) in [4.78, 5) is 10.6. The van der Waals surface area contributed by atoms with Crippen molar-refractivity contribution in [1.29, 1.82) is 0 Å². The summed E-state index contributed by atoms with van der Waals surface area (Å²) in [6, 6.07) is 0. The standard InChI is InChI=1S/C13H26O3/c1-4-13(3,16)10-8-6-5-7-9-11(2)12(14)15/h11,16H,4-10H2,1-3H3,(H,14,15). The molecule has 0 aliphatic heterocycles. The summed E-state index contributed by atoms with van der Waals surface area (Å²) in [6.07, 6.45) is 6.56. The van der Waals surface area contributed by atoms with Gasteiger partial charge in [-0.15, -0.1) is 0 Å². The Hall–Kier alpha value is -0.570. The summed E-state index contributed by atoms with van der Waals surface area (Å²) in [6.45, 7) is 5.62. The van der Waals surface area contributed by atoms with Crippen LogP contribution < -0.4 is 0 Å². The third-order valence-electron chi connectivity index (χ3n) is 3.29. The minimum absolute atomic E-state index is 0.223. The molecule has 0 saturated carbocycles. The molecular weight excluding hydrogens is 204 g/mol. The van der Waals surface area contributed by atoms with Crippen molar-refractivity contribution in [2.75, 3.05) is 0 Å². The highest BCUT2D eigenvalue weighted by Crippen LogP contribution is 2.19. The van der Waals surface area contributed by atoms with Crippen LogP contribution in [-0.2, 0) is 4.79 Å². The lowest BCUT2D eigenvalue weighted by Gasteiger charge is -2.20. The molecule has 96 valence electrons. The molecule has 0 fully saturated rings. The summed E-state index contributed by atoms with van der Waals surface area (Å²) in [5, 5.41) is 18.5. The molecule has 0 spiro atoms. The van der Waals surface area contributed by atoms with E-state index in [4.69, 9.17) is 5.11 Å². The van der Waals surface area contributed by atoms with Crippen molar-refractivity contribution in [3.8, 4) is 0 Å². The average Bonchev–Trinajstić information content (AvgIpc) is 2.22. The summed E-state index contributed by atoms with van der Waals surface area (Å²) in [5.41, 5.74) is -0.519. The van der Waals surface area contributed by atoms with Crippen LogP contribution in [0.5, 0.6) is 0 Å². The number of carboxylic acid groups (broad SMARTS) is 1. The van der Waals surface area contributed by atoms with Crippen molar-refractivity contribution in [1.82, 2.24) is 0 Å². The predicted molar refractivity (Wildman–Crippen MR) is 65.4 cm³/mol. The Bertz CT molecular complexity index is 199. The van der Waals surface area contributed by atoms with E-state index in [-0.39, 0.29) is 5.92 Å². The predicted octanol–water partition coefficient (Wildman–Crippen LogP) is 3.21. The Morgan fingerprint density at radius 1 is 1.25 bits per heavy atom. The molecule has 3 nitrogen and oxygen atoms in total. The van der Waals surface area contributed by atoms with E-state index in [2.05, 4.69) is 0 Å². The van der Waals surface area contributed by atoms with Gasteiger partial charge in [0.05, 0.1) is 11.5 Å². The number of carbonyl (C=O) groups is 1. The fourth-order valence-electron chi connectivity index (χ4n) is 1.61. The van der Waals surface area contributed by atoms with Gasteiger partial charge in [0.25, 0.3) is 0 Å². The molecule has 0 aromatic rings. The van der Waals surface area contributed by atoms with Crippen LogP contribution in [-0.4, -0.2) is 21.8 Å². The number of aliphatic hydroxyl groups is 1.